The molecular formula is C10H11N3. The van der Waals surface area contributed by atoms with Crippen LogP contribution >= 0.6 is 0 Å². The number of hydrogen-bond donors (Lipinski definition) is 1. The third-order valence-electron chi connectivity index (χ3n) is 2.66. The fraction of sp³-hybridized carbons (Fsp3) is 0.300. The molecule has 0 aromatic heterocycles. The molecule has 1 fully saturated rings. The molecule has 2 aliphatic rings. The van der Waals surface area contributed by atoms with Crippen molar-refractivity contribution in [3.63, 3.8) is 0 Å². The van der Waals surface area contributed by atoms with Gasteiger partial charge in [-0.05, 0) is 12.5 Å². The summed E-state index contributed by atoms with van der Waals surface area (Å²) in [5, 5.41) is 6.28. The van der Waals surface area contributed by atoms with Gasteiger partial charge in [-0.2, -0.15) is 5.10 Å². The first-order chi connectivity index (χ1) is 6.25. The summed E-state index contributed by atoms with van der Waals surface area (Å²) in [6.45, 7) is 3.13. The second-order valence-corrected chi connectivity index (χ2v) is 3.71. The highest BCUT2D eigenvalue weighted by Crippen LogP contribution is 2.40. The number of hydrogen-bond acceptors (Lipinski definition) is 3. The Hall–Kier alpha value is -1.51. The average molecular weight is 173 g/mol. The van der Waals surface area contributed by atoms with Crippen molar-refractivity contribution in [2.24, 2.45) is 10.8 Å². The molecule has 3 rings (SSSR count). The highest BCUT2D eigenvalue weighted by atomic mass is 15.6. The van der Waals surface area contributed by atoms with Gasteiger partial charge in [-0.25, -0.2) is 0 Å². The predicted octanol–water partition coefficient (Wildman–Crippen LogP) is 0.986. The van der Waals surface area contributed by atoms with Gasteiger partial charge in [-0.15, -0.1) is 0 Å². The Bertz CT molecular complexity index is 409. The van der Waals surface area contributed by atoms with Crippen molar-refractivity contribution in [2.45, 2.75) is 13.0 Å². The zero-order valence-corrected chi connectivity index (χ0v) is 7.49. The summed E-state index contributed by atoms with van der Waals surface area (Å²) in [7, 11) is 0. The van der Waals surface area contributed by atoms with E-state index in [1.807, 2.05) is 5.01 Å². The van der Waals surface area contributed by atoms with Crippen molar-refractivity contribution in [3.05, 3.63) is 34.9 Å². The van der Waals surface area contributed by atoms with Crippen LogP contribution in [0.2, 0.25) is 0 Å². The van der Waals surface area contributed by atoms with Gasteiger partial charge in [-0.1, -0.05) is 23.8 Å². The van der Waals surface area contributed by atoms with E-state index in [4.69, 9.17) is 5.73 Å². The van der Waals surface area contributed by atoms with Gasteiger partial charge in [0, 0.05) is 5.56 Å². The maximum absolute atomic E-state index is 5.82. The van der Waals surface area contributed by atoms with Gasteiger partial charge in [0.05, 0.1) is 12.6 Å². The number of nitrogens with zero attached hydrogens (tertiary/aromatic N) is 2. The number of amidine groups is 1. The Kier molecular flexibility index (Phi) is 1.09. The van der Waals surface area contributed by atoms with Crippen molar-refractivity contribution in [3.8, 4) is 0 Å². The van der Waals surface area contributed by atoms with Crippen LogP contribution in [0.15, 0.2) is 23.3 Å². The van der Waals surface area contributed by atoms with E-state index in [1.54, 1.807) is 0 Å². The third-order valence-corrected chi connectivity index (χ3v) is 2.66. The van der Waals surface area contributed by atoms with Crippen LogP contribution in [-0.2, 0) is 0 Å². The van der Waals surface area contributed by atoms with Crippen LogP contribution in [0.4, 0.5) is 0 Å². The maximum atomic E-state index is 5.82. The molecule has 13 heavy (non-hydrogen) atoms. The first-order valence-corrected chi connectivity index (χ1v) is 4.47. The Balaban J connectivity index is 2.23. The first kappa shape index (κ1) is 6.95. The molecule has 0 aliphatic carbocycles. The number of fused-ring (bicyclic) bond motifs is 3. The van der Waals surface area contributed by atoms with Gasteiger partial charge in [0.1, 0.15) is 0 Å². The lowest BCUT2D eigenvalue weighted by molar-refractivity contribution is 0.544. The quantitative estimate of drug-likeness (QED) is 0.594. The second-order valence-electron chi connectivity index (χ2n) is 3.71. The zero-order chi connectivity index (χ0) is 9.00. The van der Waals surface area contributed by atoms with Gasteiger partial charge in [-0.3, -0.25) is 5.01 Å². The smallest absolute Gasteiger partial charge is 0.151 e. The molecule has 1 saturated heterocycles. The summed E-state index contributed by atoms with van der Waals surface area (Å²) < 4.78 is 0. The largest absolute Gasteiger partial charge is 0.382 e. The molecule has 1 aromatic rings. The van der Waals surface area contributed by atoms with Gasteiger partial charge in [0.25, 0.3) is 0 Å². The summed E-state index contributed by atoms with van der Waals surface area (Å²) in [4.78, 5) is 0. The van der Waals surface area contributed by atoms with Crippen LogP contribution in [0.25, 0.3) is 0 Å². The molecule has 0 amide bonds. The third kappa shape index (κ3) is 0.869. The van der Waals surface area contributed by atoms with Crippen LogP contribution in [0.3, 0.4) is 0 Å². The molecule has 2 aliphatic heterocycles. The Morgan fingerprint density at radius 1 is 1.54 bits per heavy atom. The topological polar surface area (TPSA) is 41.4 Å². The summed E-state index contributed by atoms with van der Waals surface area (Å²) in [5.41, 5.74) is 9.57. The van der Waals surface area contributed by atoms with Crippen LogP contribution in [0.1, 0.15) is 22.7 Å². The molecule has 1 aromatic carbocycles. The van der Waals surface area contributed by atoms with Crippen molar-refractivity contribution in [1.82, 2.24) is 5.01 Å². The van der Waals surface area contributed by atoms with E-state index in [9.17, 15) is 0 Å². The average Bonchev–Trinajstić information content (AvgIpc) is 2.83. The molecule has 1 atom stereocenters. The molecule has 66 valence electrons. The van der Waals surface area contributed by atoms with E-state index in [0.29, 0.717) is 11.9 Å². The van der Waals surface area contributed by atoms with E-state index in [0.717, 1.165) is 12.1 Å². The monoisotopic (exact) mass is 173 g/mol. The van der Waals surface area contributed by atoms with Crippen LogP contribution in [0, 0.1) is 6.92 Å². The predicted molar refractivity (Wildman–Crippen MR) is 51.4 cm³/mol. The minimum atomic E-state index is 0.502. The van der Waals surface area contributed by atoms with Gasteiger partial charge in [0.15, 0.2) is 5.84 Å². The number of nitrogens with two attached hydrogens (primary N) is 1. The summed E-state index contributed by atoms with van der Waals surface area (Å²) in [5.74, 6) is 0.656. The van der Waals surface area contributed by atoms with Crippen molar-refractivity contribution in [1.29, 1.82) is 0 Å². The lowest BCUT2D eigenvalue weighted by atomic mass is 10.0. The lowest BCUT2D eigenvalue weighted by Crippen LogP contribution is -2.20. The first-order valence-electron chi connectivity index (χ1n) is 4.47. The molecular weight excluding hydrogens is 162 g/mol. The van der Waals surface area contributed by atoms with Crippen LogP contribution < -0.4 is 5.73 Å². The van der Waals surface area contributed by atoms with Gasteiger partial charge in [0.2, 0.25) is 0 Å². The van der Waals surface area contributed by atoms with Crippen LogP contribution in [-0.4, -0.2) is 17.4 Å². The minimum absolute atomic E-state index is 0.502. The Morgan fingerprint density at radius 3 is 3.23 bits per heavy atom. The number of benzene rings is 1. The summed E-state index contributed by atoms with van der Waals surface area (Å²) in [6, 6.07) is 6.86. The van der Waals surface area contributed by atoms with E-state index < -0.39 is 0 Å². The molecule has 3 heteroatoms. The van der Waals surface area contributed by atoms with E-state index in [1.165, 1.54) is 11.1 Å². The van der Waals surface area contributed by atoms with Crippen LogP contribution in [0.5, 0.6) is 0 Å². The highest BCUT2D eigenvalue weighted by Gasteiger charge is 2.40. The summed E-state index contributed by atoms with van der Waals surface area (Å²) >= 11 is 0. The fourth-order valence-electron chi connectivity index (χ4n) is 1.88. The molecule has 0 radical (unpaired) electrons. The van der Waals surface area contributed by atoms with Crippen molar-refractivity contribution in [2.75, 3.05) is 6.54 Å². The Morgan fingerprint density at radius 2 is 2.38 bits per heavy atom. The highest BCUT2D eigenvalue weighted by molar-refractivity contribution is 6.00. The number of aryl methyl sites for hydroxylation is 1. The fourth-order valence-corrected chi connectivity index (χ4v) is 1.88. The maximum Gasteiger partial charge on any atom is 0.151 e. The van der Waals surface area contributed by atoms with E-state index >= 15 is 0 Å². The molecule has 2 heterocycles. The normalized spacial score (nSPS) is 23.3. The van der Waals surface area contributed by atoms with Gasteiger partial charge < -0.3 is 5.73 Å². The van der Waals surface area contributed by atoms with Crippen molar-refractivity contribution < 1.29 is 0 Å². The molecule has 2 N–H and O–H groups in total. The van der Waals surface area contributed by atoms with Crippen molar-refractivity contribution >= 4 is 5.84 Å². The molecule has 3 nitrogen and oxygen atoms in total. The molecule has 0 spiro atoms. The summed E-state index contributed by atoms with van der Waals surface area (Å²) in [6.07, 6.45) is 0. The van der Waals surface area contributed by atoms with Gasteiger partial charge >= 0.3 is 0 Å². The second kappa shape index (κ2) is 2.05. The number of hydrazone groups is 1. The lowest BCUT2D eigenvalue weighted by Gasteiger charge is -2.14. The minimum Gasteiger partial charge on any atom is -0.382 e. The van der Waals surface area contributed by atoms with E-state index in [-0.39, 0.29) is 0 Å². The molecule has 0 saturated carbocycles. The standard InChI is InChI=1S/C10H11N3/c1-6-2-3-7-8(4-6)9-5-13(9)12-10(7)11/h2-4,9H,5H2,1H3,(H2,11,12). The zero-order valence-electron chi connectivity index (χ0n) is 7.49. The van der Waals surface area contributed by atoms with E-state index in [2.05, 4.69) is 30.2 Å². The Labute approximate surface area is 76.8 Å². The molecule has 0 bridgehead atoms. The SMILES string of the molecule is Cc1ccc2c(c1)C1CN1N=C2N. The molecule has 1 unspecified atom stereocenters. The number of rotatable bonds is 0.